The van der Waals surface area contributed by atoms with Gasteiger partial charge in [0.05, 0.1) is 0 Å². The van der Waals surface area contributed by atoms with Gasteiger partial charge in [-0.2, -0.15) is 0 Å². The first-order valence-corrected chi connectivity index (χ1v) is 2.76. The lowest BCUT2D eigenvalue weighted by Crippen LogP contribution is -2.22. The lowest BCUT2D eigenvalue weighted by atomic mass is 9.97. The van der Waals surface area contributed by atoms with Crippen LogP contribution < -0.4 is 0 Å². The van der Waals surface area contributed by atoms with Gasteiger partial charge in [0, 0.05) is 0 Å². The summed E-state index contributed by atoms with van der Waals surface area (Å²) in [4.78, 5) is 0. The van der Waals surface area contributed by atoms with Crippen LogP contribution in [0.4, 0.5) is 4.39 Å². The molecule has 0 spiro atoms. The molecule has 0 aliphatic heterocycles. The third-order valence-electron chi connectivity index (χ3n) is 1.18. The molecule has 0 saturated heterocycles. The molecule has 0 nitrogen and oxygen atoms in total. The molecular formula is C4H8FP. The fourth-order valence-corrected chi connectivity index (χ4v) is 0.923. The van der Waals surface area contributed by atoms with Crippen LogP contribution in [0.25, 0.3) is 0 Å². The van der Waals surface area contributed by atoms with Gasteiger partial charge in [0.15, 0.2) is 0 Å². The van der Waals surface area contributed by atoms with Gasteiger partial charge in [-0.1, -0.05) is 9.24 Å². The normalized spacial score (nSPS) is 29.0. The fourth-order valence-electron chi connectivity index (χ4n) is 0.515. The molecule has 1 unspecified atom stereocenters. The number of alkyl halides is 1. The lowest BCUT2D eigenvalue weighted by molar-refractivity contribution is 0.169. The van der Waals surface area contributed by atoms with E-state index in [-0.39, 0.29) is 0 Å². The van der Waals surface area contributed by atoms with Gasteiger partial charge in [0.2, 0.25) is 0 Å². The van der Waals surface area contributed by atoms with Gasteiger partial charge in [-0.15, -0.1) is 0 Å². The molecule has 1 atom stereocenters. The zero-order valence-corrected chi connectivity index (χ0v) is 4.73. The standard InChI is InChI=1S/C4H8FP/c5-4(6)2-1-3-4/h1-3,6H2. The molecule has 1 aliphatic rings. The first-order valence-electron chi connectivity index (χ1n) is 2.18. The molecule has 1 fully saturated rings. The van der Waals surface area contributed by atoms with E-state index in [0.29, 0.717) is 0 Å². The molecular weight excluding hydrogens is 98.0 g/mol. The van der Waals surface area contributed by atoms with Crippen molar-refractivity contribution in [3.63, 3.8) is 0 Å². The average molecular weight is 106 g/mol. The Bertz CT molecular complexity index is 54.6. The van der Waals surface area contributed by atoms with Crippen molar-refractivity contribution in [3.05, 3.63) is 0 Å². The minimum absolute atomic E-state index is 0.748. The Hall–Kier alpha value is 0.360. The summed E-state index contributed by atoms with van der Waals surface area (Å²) in [7, 11) is 2.21. The number of hydrogen-bond acceptors (Lipinski definition) is 0. The zero-order valence-electron chi connectivity index (χ0n) is 3.58. The first kappa shape index (κ1) is 4.52. The largest absolute Gasteiger partial charge is 0.240 e. The Morgan fingerprint density at radius 1 is 1.50 bits per heavy atom. The van der Waals surface area contributed by atoms with E-state index in [1.807, 2.05) is 0 Å². The van der Waals surface area contributed by atoms with Gasteiger partial charge in [0.1, 0.15) is 5.41 Å². The summed E-state index contributed by atoms with van der Waals surface area (Å²) in [5, 5.41) is -0.861. The van der Waals surface area contributed by atoms with Crippen molar-refractivity contribution in [2.75, 3.05) is 0 Å². The van der Waals surface area contributed by atoms with Crippen LogP contribution in [0.3, 0.4) is 0 Å². The third kappa shape index (κ3) is 0.704. The van der Waals surface area contributed by atoms with Crippen molar-refractivity contribution in [2.45, 2.75) is 24.7 Å². The van der Waals surface area contributed by atoms with Gasteiger partial charge in [-0.25, -0.2) is 4.39 Å². The lowest BCUT2D eigenvalue weighted by Gasteiger charge is -2.28. The van der Waals surface area contributed by atoms with Crippen LogP contribution in [0.2, 0.25) is 0 Å². The molecule has 1 aliphatic carbocycles. The highest BCUT2D eigenvalue weighted by Gasteiger charge is 2.30. The van der Waals surface area contributed by atoms with Crippen LogP contribution in [0.5, 0.6) is 0 Å². The number of halogens is 1. The molecule has 0 aromatic carbocycles. The number of hydrogen-bond donors (Lipinski definition) is 0. The van der Waals surface area contributed by atoms with Gasteiger partial charge in [-0.3, -0.25) is 0 Å². The minimum Gasteiger partial charge on any atom is -0.240 e. The van der Waals surface area contributed by atoms with E-state index in [2.05, 4.69) is 9.24 Å². The Kier molecular flexibility index (Phi) is 0.876. The second kappa shape index (κ2) is 1.16. The molecule has 0 bridgehead atoms. The highest BCUT2D eigenvalue weighted by Crippen LogP contribution is 2.41. The predicted octanol–water partition coefficient (Wildman–Crippen LogP) is 1.71. The highest BCUT2D eigenvalue weighted by molar-refractivity contribution is 7.18. The quantitative estimate of drug-likeness (QED) is 0.412. The molecule has 6 heavy (non-hydrogen) atoms. The summed E-state index contributed by atoms with van der Waals surface area (Å²) in [5.41, 5.74) is 0. The maximum absolute atomic E-state index is 12.2. The Balaban J connectivity index is 2.31. The van der Waals surface area contributed by atoms with Crippen LogP contribution in [-0.2, 0) is 0 Å². The Labute approximate surface area is 39.3 Å². The molecule has 36 valence electrons. The molecule has 1 rings (SSSR count). The molecule has 1 saturated carbocycles. The smallest absolute Gasteiger partial charge is 0.123 e. The van der Waals surface area contributed by atoms with Crippen LogP contribution in [0.1, 0.15) is 19.3 Å². The summed E-state index contributed by atoms with van der Waals surface area (Å²) in [6.07, 6.45) is 2.56. The van der Waals surface area contributed by atoms with Crippen molar-refractivity contribution < 1.29 is 4.39 Å². The van der Waals surface area contributed by atoms with E-state index in [0.717, 1.165) is 19.3 Å². The second-order valence-electron chi connectivity index (χ2n) is 1.89. The van der Waals surface area contributed by atoms with Gasteiger partial charge in [0.25, 0.3) is 0 Å². The Morgan fingerprint density at radius 2 is 1.83 bits per heavy atom. The van der Waals surface area contributed by atoms with Crippen LogP contribution in [0.15, 0.2) is 0 Å². The fraction of sp³-hybridized carbons (Fsp3) is 1.00. The molecule has 0 aromatic heterocycles. The maximum atomic E-state index is 12.2. The van der Waals surface area contributed by atoms with Crippen LogP contribution >= 0.6 is 9.24 Å². The van der Waals surface area contributed by atoms with Gasteiger partial charge < -0.3 is 0 Å². The molecule has 0 radical (unpaired) electrons. The van der Waals surface area contributed by atoms with Gasteiger partial charge >= 0.3 is 0 Å². The first-order chi connectivity index (χ1) is 2.71. The van der Waals surface area contributed by atoms with Crippen molar-refractivity contribution in [3.8, 4) is 0 Å². The van der Waals surface area contributed by atoms with Crippen molar-refractivity contribution in [1.29, 1.82) is 0 Å². The molecule has 0 amide bonds. The second-order valence-corrected chi connectivity index (χ2v) is 2.92. The minimum atomic E-state index is -0.861. The SMILES string of the molecule is FC1(P)CCC1. The van der Waals surface area contributed by atoms with E-state index in [1.165, 1.54) is 0 Å². The van der Waals surface area contributed by atoms with E-state index < -0.39 is 5.41 Å². The molecule has 0 N–H and O–H groups in total. The van der Waals surface area contributed by atoms with Crippen molar-refractivity contribution in [1.82, 2.24) is 0 Å². The summed E-state index contributed by atoms with van der Waals surface area (Å²) < 4.78 is 12.2. The molecule has 0 aromatic rings. The Morgan fingerprint density at radius 3 is 1.83 bits per heavy atom. The zero-order chi connectivity index (χ0) is 4.62. The number of rotatable bonds is 0. The van der Waals surface area contributed by atoms with E-state index in [9.17, 15) is 4.39 Å². The summed E-state index contributed by atoms with van der Waals surface area (Å²) in [6, 6.07) is 0. The van der Waals surface area contributed by atoms with Crippen LogP contribution in [0, 0.1) is 0 Å². The summed E-state index contributed by atoms with van der Waals surface area (Å²) in [5.74, 6) is 0. The van der Waals surface area contributed by atoms with E-state index >= 15 is 0 Å². The maximum Gasteiger partial charge on any atom is 0.123 e. The summed E-state index contributed by atoms with van der Waals surface area (Å²) >= 11 is 0. The summed E-state index contributed by atoms with van der Waals surface area (Å²) in [6.45, 7) is 0. The van der Waals surface area contributed by atoms with Gasteiger partial charge in [-0.05, 0) is 19.3 Å². The topological polar surface area (TPSA) is 0 Å². The third-order valence-corrected chi connectivity index (χ3v) is 1.76. The average Bonchev–Trinajstić information content (AvgIpc) is 1.32. The van der Waals surface area contributed by atoms with E-state index in [1.54, 1.807) is 0 Å². The monoisotopic (exact) mass is 106 g/mol. The molecule has 0 heterocycles. The van der Waals surface area contributed by atoms with Crippen molar-refractivity contribution in [2.24, 2.45) is 0 Å². The highest BCUT2D eigenvalue weighted by atomic mass is 31.0. The van der Waals surface area contributed by atoms with Crippen LogP contribution in [-0.4, -0.2) is 5.41 Å². The molecule has 2 heteroatoms. The van der Waals surface area contributed by atoms with E-state index in [4.69, 9.17) is 0 Å². The van der Waals surface area contributed by atoms with Crippen molar-refractivity contribution >= 4 is 9.24 Å². The predicted molar refractivity (Wildman–Crippen MR) is 27.4 cm³/mol.